The van der Waals surface area contributed by atoms with Gasteiger partial charge >= 0.3 is 5.97 Å². The number of likely N-dealkylation sites (N-methyl/N-ethyl adjacent to an activating group) is 1. The topological polar surface area (TPSA) is 77.8 Å². The second kappa shape index (κ2) is 5.12. The maximum absolute atomic E-state index is 11.9. The van der Waals surface area contributed by atoms with Gasteiger partial charge < -0.3 is 15.1 Å². The molecule has 5 nitrogen and oxygen atoms in total. The molecule has 0 radical (unpaired) electrons. The number of hydrogen-bond donors (Lipinski definition) is 2. The van der Waals surface area contributed by atoms with Gasteiger partial charge in [0.2, 0.25) is 5.91 Å². The number of carboxylic acids is 1. The molecule has 0 fully saturated rings. The Balaban J connectivity index is 5.10. The van der Waals surface area contributed by atoms with Crippen molar-refractivity contribution in [1.82, 2.24) is 4.90 Å². The van der Waals surface area contributed by atoms with E-state index < -0.39 is 11.5 Å². The second-order valence-electron chi connectivity index (χ2n) is 4.39. The van der Waals surface area contributed by atoms with Crippen LogP contribution in [0.4, 0.5) is 0 Å². The molecule has 0 saturated carbocycles. The molecule has 0 aromatic rings. The molecule has 2 N–H and O–H groups in total. The Hall–Kier alpha value is -1.36. The van der Waals surface area contributed by atoms with Crippen molar-refractivity contribution in [2.45, 2.75) is 33.2 Å². The molecule has 5 heteroatoms. The molecule has 0 aromatic carbocycles. The van der Waals surface area contributed by atoms with Crippen LogP contribution in [-0.2, 0) is 9.59 Å². The van der Waals surface area contributed by atoms with Crippen molar-refractivity contribution in [3.8, 4) is 0 Å². The van der Waals surface area contributed by atoms with E-state index in [1.165, 1.54) is 25.8 Å². The summed E-state index contributed by atoms with van der Waals surface area (Å²) in [5.41, 5.74) is -0.515. The lowest BCUT2D eigenvalue weighted by Crippen LogP contribution is -2.48. The van der Waals surface area contributed by atoms with Gasteiger partial charge in [0.05, 0.1) is 12.1 Å². The molecule has 0 bridgehead atoms. The minimum absolute atomic E-state index is 0.0191. The summed E-state index contributed by atoms with van der Waals surface area (Å²) in [5, 5.41) is 17.9. The van der Waals surface area contributed by atoms with Gasteiger partial charge in [0.1, 0.15) is 0 Å². The molecule has 0 saturated heterocycles. The van der Waals surface area contributed by atoms with Gasteiger partial charge in [-0.3, -0.25) is 4.79 Å². The lowest BCUT2D eigenvalue weighted by Gasteiger charge is -2.34. The van der Waals surface area contributed by atoms with Crippen molar-refractivity contribution >= 4 is 11.9 Å². The van der Waals surface area contributed by atoms with Crippen LogP contribution in [0.2, 0.25) is 0 Å². The van der Waals surface area contributed by atoms with Crippen molar-refractivity contribution in [2.24, 2.45) is 0 Å². The van der Waals surface area contributed by atoms with Crippen LogP contribution in [0.1, 0.15) is 27.7 Å². The van der Waals surface area contributed by atoms with Gasteiger partial charge in [0.15, 0.2) is 0 Å². The fraction of sp³-hybridized carbons (Fsp3) is 0.636. The number of aliphatic hydroxyl groups is 1. The molecule has 0 rings (SSSR count). The van der Waals surface area contributed by atoms with Crippen molar-refractivity contribution in [1.29, 1.82) is 0 Å². The molecule has 1 amide bonds. The number of carboxylic acid groups (broad SMARTS) is 1. The summed E-state index contributed by atoms with van der Waals surface area (Å²) >= 11 is 0. The van der Waals surface area contributed by atoms with Crippen molar-refractivity contribution < 1.29 is 19.8 Å². The van der Waals surface area contributed by atoms with Crippen LogP contribution in [0.3, 0.4) is 0 Å². The number of aliphatic carboxylic acids is 1. The van der Waals surface area contributed by atoms with E-state index in [1.54, 1.807) is 13.8 Å². The third-order valence-electron chi connectivity index (χ3n) is 2.80. The summed E-state index contributed by atoms with van der Waals surface area (Å²) in [4.78, 5) is 23.9. The van der Waals surface area contributed by atoms with E-state index in [0.717, 1.165) is 0 Å². The molecule has 0 aliphatic rings. The molecule has 0 heterocycles. The van der Waals surface area contributed by atoms with E-state index >= 15 is 0 Å². The highest BCUT2D eigenvalue weighted by Gasteiger charge is 2.28. The minimum Gasteiger partial charge on any atom is -0.478 e. The smallest absolute Gasteiger partial charge is 0.331 e. The van der Waals surface area contributed by atoms with E-state index in [0.29, 0.717) is 0 Å². The zero-order valence-corrected chi connectivity index (χ0v) is 10.4. The van der Waals surface area contributed by atoms with Crippen molar-refractivity contribution in [3.63, 3.8) is 0 Å². The van der Waals surface area contributed by atoms with Crippen LogP contribution in [0.25, 0.3) is 0 Å². The quantitative estimate of drug-likeness (QED) is 0.693. The Morgan fingerprint density at radius 3 is 1.94 bits per heavy atom. The SMILES string of the molecule is CC(C(=O)O)=C(C)C(=O)N(C)C(C)(C)CO. The Labute approximate surface area is 95.4 Å². The first-order valence-electron chi connectivity index (χ1n) is 4.95. The summed E-state index contributed by atoms with van der Waals surface area (Å²) in [5.74, 6) is -1.50. The highest BCUT2D eigenvalue weighted by Crippen LogP contribution is 2.16. The summed E-state index contributed by atoms with van der Waals surface area (Å²) in [6.45, 7) is 6.07. The van der Waals surface area contributed by atoms with E-state index in [2.05, 4.69) is 0 Å². The molecule has 0 atom stereocenters. The first-order valence-corrected chi connectivity index (χ1v) is 4.95. The monoisotopic (exact) mass is 229 g/mol. The maximum atomic E-state index is 11.9. The van der Waals surface area contributed by atoms with Gasteiger partial charge in [-0.2, -0.15) is 0 Å². The number of hydrogen-bond acceptors (Lipinski definition) is 3. The average molecular weight is 229 g/mol. The third kappa shape index (κ3) is 3.06. The van der Waals surface area contributed by atoms with Gasteiger partial charge in [0.25, 0.3) is 0 Å². The molecular weight excluding hydrogens is 210 g/mol. The van der Waals surface area contributed by atoms with Crippen LogP contribution in [-0.4, -0.2) is 46.2 Å². The first kappa shape index (κ1) is 14.6. The van der Waals surface area contributed by atoms with E-state index in [1.807, 2.05) is 0 Å². The summed E-state index contributed by atoms with van der Waals surface area (Å²) in [6, 6.07) is 0. The fourth-order valence-corrected chi connectivity index (χ4v) is 0.953. The van der Waals surface area contributed by atoms with E-state index in [-0.39, 0.29) is 23.7 Å². The summed E-state index contributed by atoms with van der Waals surface area (Å²) in [6.07, 6.45) is 0. The van der Waals surface area contributed by atoms with Crippen LogP contribution in [0.15, 0.2) is 11.1 Å². The van der Waals surface area contributed by atoms with Crippen LogP contribution < -0.4 is 0 Å². The van der Waals surface area contributed by atoms with Gasteiger partial charge in [-0.15, -0.1) is 0 Å². The maximum Gasteiger partial charge on any atom is 0.331 e. The Kier molecular flexibility index (Phi) is 4.68. The lowest BCUT2D eigenvalue weighted by molar-refractivity contribution is -0.135. The highest BCUT2D eigenvalue weighted by atomic mass is 16.4. The predicted octanol–water partition coefficient (Wildman–Crippen LogP) is 0.637. The van der Waals surface area contributed by atoms with Crippen LogP contribution in [0, 0.1) is 0 Å². The van der Waals surface area contributed by atoms with E-state index in [9.17, 15) is 9.59 Å². The normalized spacial score (nSPS) is 13.1. The second-order valence-corrected chi connectivity index (χ2v) is 4.39. The van der Waals surface area contributed by atoms with E-state index in [4.69, 9.17) is 10.2 Å². The number of carbonyl (C=O) groups is 2. The predicted molar refractivity (Wildman–Crippen MR) is 59.9 cm³/mol. The van der Waals surface area contributed by atoms with Gasteiger partial charge in [-0.05, 0) is 27.7 Å². The largest absolute Gasteiger partial charge is 0.478 e. The standard InChI is InChI=1S/C11H19NO4/c1-7(8(2)10(15)16)9(14)12(5)11(3,4)6-13/h13H,6H2,1-5H3,(H,15,16). The summed E-state index contributed by atoms with van der Waals surface area (Å²) in [7, 11) is 1.54. The number of carbonyl (C=O) groups excluding carboxylic acids is 1. The first-order chi connectivity index (χ1) is 7.15. The number of aliphatic hydroxyl groups excluding tert-OH is 1. The molecule has 0 aliphatic heterocycles. The lowest BCUT2D eigenvalue weighted by atomic mass is 10.0. The summed E-state index contributed by atoms with van der Waals surface area (Å²) < 4.78 is 0. The zero-order valence-electron chi connectivity index (χ0n) is 10.4. The van der Waals surface area contributed by atoms with Gasteiger partial charge in [-0.1, -0.05) is 0 Å². The Morgan fingerprint density at radius 2 is 1.62 bits per heavy atom. The molecular formula is C11H19NO4. The molecule has 16 heavy (non-hydrogen) atoms. The highest BCUT2D eigenvalue weighted by molar-refractivity contribution is 6.01. The number of nitrogens with zero attached hydrogens (tertiary/aromatic N) is 1. The third-order valence-corrected chi connectivity index (χ3v) is 2.80. The number of rotatable bonds is 4. The Bertz CT molecular complexity index is 331. The molecule has 0 aromatic heterocycles. The van der Waals surface area contributed by atoms with Gasteiger partial charge in [-0.25, -0.2) is 4.79 Å². The fourth-order valence-electron chi connectivity index (χ4n) is 0.953. The average Bonchev–Trinajstić information content (AvgIpc) is 2.24. The molecule has 0 unspecified atom stereocenters. The van der Waals surface area contributed by atoms with Crippen molar-refractivity contribution in [3.05, 3.63) is 11.1 Å². The van der Waals surface area contributed by atoms with Gasteiger partial charge in [0, 0.05) is 18.2 Å². The Morgan fingerprint density at radius 1 is 1.19 bits per heavy atom. The van der Waals surface area contributed by atoms with Crippen molar-refractivity contribution in [2.75, 3.05) is 13.7 Å². The minimum atomic E-state index is -1.11. The van der Waals surface area contributed by atoms with Crippen LogP contribution in [0.5, 0.6) is 0 Å². The van der Waals surface area contributed by atoms with Crippen LogP contribution >= 0.6 is 0 Å². The molecule has 92 valence electrons. The molecule has 0 aliphatic carbocycles. The number of amides is 1. The zero-order chi connectivity index (χ0) is 13.1. The molecule has 0 spiro atoms.